The van der Waals surface area contributed by atoms with Gasteiger partial charge in [0.15, 0.2) is 17.8 Å². The molecule has 1 aromatic rings. The molecule has 0 fully saturated rings. The Labute approximate surface area is 143 Å². The van der Waals surface area contributed by atoms with Crippen molar-refractivity contribution in [2.24, 2.45) is 0 Å². The van der Waals surface area contributed by atoms with Crippen LogP contribution in [0.4, 0.5) is 0 Å². The zero-order valence-corrected chi connectivity index (χ0v) is 15.0. The number of nitrogens with one attached hydrogen (secondary N) is 1. The largest absolute Gasteiger partial charge is 0.490 e. The van der Waals surface area contributed by atoms with Crippen molar-refractivity contribution in [3.05, 3.63) is 17.7 Å². The van der Waals surface area contributed by atoms with E-state index in [0.717, 1.165) is 0 Å². The minimum absolute atomic E-state index is 0.229. The van der Waals surface area contributed by atoms with Crippen molar-refractivity contribution in [1.82, 2.24) is 5.32 Å². The van der Waals surface area contributed by atoms with Gasteiger partial charge in [-0.05, 0) is 32.9 Å². The van der Waals surface area contributed by atoms with E-state index in [-0.39, 0.29) is 12.5 Å². The van der Waals surface area contributed by atoms with E-state index in [1.165, 1.54) is 14.2 Å². The summed E-state index contributed by atoms with van der Waals surface area (Å²) in [5.74, 6) is 1.18. The average Bonchev–Trinajstić information content (AvgIpc) is 2.58. The van der Waals surface area contributed by atoms with E-state index in [1.54, 1.807) is 12.1 Å². The van der Waals surface area contributed by atoms with Crippen molar-refractivity contribution in [3.63, 3.8) is 0 Å². The summed E-state index contributed by atoms with van der Waals surface area (Å²) in [5.41, 5.74) is 0.413. The second-order valence-electron chi connectivity index (χ2n) is 4.71. The van der Waals surface area contributed by atoms with Crippen molar-refractivity contribution >= 4 is 5.91 Å². The predicted octanol–water partition coefficient (Wildman–Crippen LogP) is 2.23. The SMILES string of the molecule is CCOc1cc(C(=O)NCC(OC)OC)cc(OCC)c1OCC. The van der Waals surface area contributed by atoms with Crippen LogP contribution < -0.4 is 19.5 Å². The van der Waals surface area contributed by atoms with Crippen molar-refractivity contribution in [2.45, 2.75) is 27.1 Å². The summed E-state index contributed by atoms with van der Waals surface area (Å²) in [5, 5.41) is 2.75. The minimum Gasteiger partial charge on any atom is -0.490 e. The summed E-state index contributed by atoms with van der Waals surface area (Å²) >= 11 is 0. The molecule has 0 aliphatic carbocycles. The van der Waals surface area contributed by atoms with Crippen LogP contribution in [-0.2, 0) is 9.47 Å². The maximum atomic E-state index is 12.4. The summed E-state index contributed by atoms with van der Waals surface area (Å²) in [6, 6.07) is 3.28. The van der Waals surface area contributed by atoms with Crippen LogP contribution in [-0.4, -0.2) is 52.8 Å². The fourth-order valence-electron chi connectivity index (χ4n) is 2.06. The first-order valence-electron chi connectivity index (χ1n) is 8.01. The van der Waals surface area contributed by atoms with E-state index in [4.69, 9.17) is 23.7 Å². The molecule has 136 valence electrons. The van der Waals surface area contributed by atoms with Crippen LogP contribution >= 0.6 is 0 Å². The normalized spacial score (nSPS) is 10.6. The number of benzene rings is 1. The van der Waals surface area contributed by atoms with Gasteiger partial charge in [0.2, 0.25) is 5.75 Å². The molecule has 0 atom stereocenters. The molecule has 1 N–H and O–H groups in total. The highest BCUT2D eigenvalue weighted by Gasteiger charge is 2.19. The van der Waals surface area contributed by atoms with Crippen LogP contribution in [0.5, 0.6) is 17.2 Å². The standard InChI is InChI=1S/C17H27NO6/c1-6-22-13-9-12(17(19)18-11-15(20-4)21-5)10-14(23-7-2)16(13)24-8-3/h9-10,15H,6-8,11H2,1-5H3,(H,18,19). The lowest BCUT2D eigenvalue weighted by molar-refractivity contribution is -0.0974. The molecule has 0 aliphatic heterocycles. The van der Waals surface area contributed by atoms with Crippen molar-refractivity contribution < 1.29 is 28.5 Å². The maximum absolute atomic E-state index is 12.4. The van der Waals surface area contributed by atoms with E-state index in [9.17, 15) is 4.79 Å². The molecule has 0 unspecified atom stereocenters. The predicted molar refractivity (Wildman–Crippen MR) is 90.1 cm³/mol. The molecule has 0 aliphatic rings. The zero-order valence-electron chi connectivity index (χ0n) is 15.0. The summed E-state index contributed by atoms with van der Waals surface area (Å²) in [4.78, 5) is 12.4. The molecule has 7 heteroatoms. The summed E-state index contributed by atoms with van der Waals surface area (Å²) in [6.07, 6.45) is -0.505. The monoisotopic (exact) mass is 341 g/mol. The smallest absolute Gasteiger partial charge is 0.251 e. The van der Waals surface area contributed by atoms with Crippen molar-refractivity contribution in [3.8, 4) is 17.2 Å². The Bertz CT molecular complexity index is 489. The molecule has 1 rings (SSSR count). The van der Waals surface area contributed by atoms with Crippen molar-refractivity contribution in [1.29, 1.82) is 0 Å². The van der Waals surface area contributed by atoms with Crippen molar-refractivity contribution in [2.75, 3.05) is 40.6 Å². The Balaban J connectivity index is 3.06. The fourth-order valence-corrected chi connectivity index (χ4v) is 2.06. The maximum Gasteiger partial charge on any atom is 0.251 e. The average molecular weight is 341 g/mol. The van der Waals surface area contributed by atoms with Crippen LogP contribution in [0.2, 0.25) is 0 Å². The first kappa shape index (κ1) is 20.1. The van der Waals surface area contributed by atoms with Gasteiger partial charge in [0, 0.05) is 19.8 Å². The molecule has 0 saturated carbocycles. The minimum atomic E-state index is -0.505. The van der Waals surface area contributed by atoms with Gasteiger partial charge in [-0.2, -0.15) is 0 Å². The van der Waals surface area contributed by atoms with E-state index < -0.39 is 6.29 Å². The molecule has 0 spiro atoms. The summed E-state index contributed by atoms with van der Waals surface area (Å²) in [7, 11) is 3.02. The van der Waals surface area contributed by atoms with E-state index in [2.05, 4.69) is 5.32 Å². The third-order valence-electron chi connectivity index (χ3n) is 3.13. The number of amides is 1. The second-order valence-corrected chi connectivity index (χ2v) is 4.71. The highest BCUT2D eigenvalue weighted by atomic mass is 16.7. The van der Waals surface area contributed by atoms with Crippen LogP contribution in [0.25, 0.3) is 0 Å². The number of rotatable bonds is 11. The van der Waals surface area contributed by atoms with Crippen LogP contribution in [0.3, 0.4) is 0 Å². The topological polar surface area (TPSA) is 75.3 Å². The van der Waals surface area contributed by atoms with Gasteiger partial charge in [0.25, 0.3) is 5.91 Å². The summed E-state index contributed by atoms with van der Waals surface area (Å²) in [6.45, 7) is 7.21. The van der Waals surface area contributed by atoms with Gasteiger partial charge in [0.1, 0.15) is 0 Å². The molecule has 0 radical (unpaired) electrons. The Morgan fingerprint density at radius 2 is 1.46 bits per heavy atom. The molecule has 0 saturated heterocycles. The lowest BCUT2D eigenvalue weighted by atomic mass is 10.1. The third-order valence-corrected chi connectivity index (χ3v) is 3.13. The first-order valence-corrected chi connectivity index (χ1v) is 8.01. The Morgan fingerprint density at radius 1 is 0.958 bits per heavy atom. The van der Waals surface area contributed by atoms with Gasteiger partial charge in [0.05, 0.1) is 26.4 Å². The molecule has 0 bridgehead atoms. The van der Waals surface area contributed by atoms with E-state index >= 15 is 0 Å². The zero-order chi connectivity index (χ0) is 17.9. The van der Waals surface area contributed by atoms with Gasteiger partial charge < -0.3 is 29.0 Å². The number of methoxy groups -OCH3 is 2. The molecule has 7 nitrogen and oxygen atoms in total. The molecular weight excluding hydrogens is 314 g/mol. The van der Waals surface area contributed by atoms with Gasteiger partial charge in [-0.25, -0.2) is 0 Å². The van der Waals surface area contributed by atoms with Gasteiger partial charge in [-0.3, -0.25) is 4.79 Å². The van der Waals surface area contributed by atoms with E-state index in [1.807, 2.05) is 20.8 Å². The first-order chi connectivity index (χ1) is 11.6. The van der Waals surface area contributed by atoms with Crippen LogP contribution in [0.15, 0.2) is 12.1 Å². The Kier molecular flexibility index (Phi) is 8.96. The summed E-state index contributed by atoms with van der Waals surface area (Å²) < 4.78 is 26.9. The highest BCUT2D eigenvalue weighted by Crippen LogP contribution is 2.39. The number of carbonyl (C=O) groups excluding carboxylic acids is 1. The number of ether oxygens (including phenoxy) is 5. The van der Waals surface area contributed by atoms with E-state index in [0.29, 0.717) is 42.6 Å². The molecule has 0 heterocycles. The molecular formula is C17H27NO6. The van der Waals surface area contributed by atoms with Gasteiger partial charge >= 0.3 is 0 Å². The quantitative estimate of drug-likeness (QED) is 0.622. The number of hydrogen-bond acceptors (Lipinski definition) is 6. The third kappa shape index (κ3) is 5.58. The molecule has 0 aromatic heterocycles. The highest BCUT2D eigenvalue weighted by molar-refractivity contribution is 5.95. The second kappa shape index (κ2) is 10.7. The lowest BCUT2D eigenvalue weighted by Crippen LogP contribution is -2.34. The molecule has 24 heavy (non-hydrogen) atoms. The molecule has 1 aromatic carbocycles. The van der Waals surface area contributed by atoms with Crippen LogP contribution in [0.1, 0.15) is 31.1 Å². The van der Waals surface area contributed by atoms with Gasteiger partial charge in [-0.1, -0.05) is 0 Å². The number of hydrogen-bond donors (Lipinski definition) is 1. The Hall–Kier alpha value is -1.99. The van der Waals surface area contributed by atoms with Crippen LogP contribution in [0, 0.1) is 0 Å². The Morgan fingerprint density at radius 3 is 1.88 bits per heavy atom. The number of carbonyl (C=O) groups is 1. The fraction of sp³-hybridized carbons (Fsp3) is 0.588. The molecule has 1 amide bonds. The lowest BCUT2D eigenvalue weighted by Gasteiger charge is -2.18. The van der Waals surface area contributed by atoms with Gasteiger partial charge in [-0.15, -0.1) is 0 Å².